The number of carboxylic acid groups (broad SMARTS) is 1. The average molecular weight is 435 g/mol. The van der Waals surface area contributed by atoms with Gasteiger partial charge in [-0.25, -0.2) is 12.8 Å². The van der Waals surface area contributed by atoms with Gasteiger partial charge >= 0.3 is 5.97 Å². The van der Waals surface area contributed by atoms with Crippen LogP contribution < -0.4 is 4.31 Å². The Kier molecular flexibility index (Phi) is 5.01. The molecule has 0 aromatic heterocycles. The second kappa shape index (κ2) is 6.61. The van der Waals surface area contributed by atoms with Crippen molar-refractivity contribution in [3.05, 3.63) is 57.9 Å². The van der Waals surface area contributed by atoms with Crippen molar-refractivity contribution < 1.29 is 22.7 Å². The SMILES string of the molecule is O=C(O)CN(c1ccccc1I)S(=O)(=O)c1ccc(F)cc1. The molecule has 0 aliphatic rings. The van der Waals surface area contributed by atoms with Crippen LogP contribution in [0, 0.1) is 9.39 Å². The lowest BCUT2D eigenvalue weighted by Crippen LogP contribution is -2.36. The monoisotopic (exact) mass is 435 g/mol. The summed E-state index contributed by atoms with van der Waals surface area (Å²) in [6.07, 6.45) is 0. The predicted molar refractivity (Wildman–Crippen MR) is 87.7 cm³/mol. The zero-order valence-electron chi connectivity index (χ0n) is 11.1. The summed E-state index contributed by atoms with van der Waals surface area (Å²) < 4.78 is 39.7. The number of carbonyl (C=O) groups is 1. The van der Waals surface area contributed by atoms with Crippen LogP contribution in [0.3, 0.4) is 0 Å². The van der Waals surface area contributed by atoms with Gasteiger partial charge in [-0.2, -0.15) is 0 Å². The van der Waals surface area contributed by atoms with Crippen LogP contribution in [0.4, 0.5) is 10.1 Å². The van der Waals surface area contributed by atoms with Gasteiger partial charge in [0.1, 0.15) is 12.4 Å². The number of anilines is 1. The number of nitrogens with zero attached hydrogens (tertiary/aromatic N) is 1. The first-order valence-corrected chi connectivity index (χ1v) is 8.59. The van der Waals surface area contributed by atoms with Crippen LogP contribution >= 0.6 is 22.6 Å². The van der Waals surface area contributed by atoms with Crippen molar-refractivity contribution >= 4 is 44.3 Å². The Morgan fingerprint density at radius 2 is 1.73 bits per heavy atom. The molecule has 0 saturated heterocycles. The molecular weight excluding hydrogens is 424 g/mol. The van der Waals surface area contributed by atoms with Crippen LogP contribution in [0.15, 0.2) is 53.4 Å². The molecule has 0 unspecified atom stereocenters. The number of hydrogen-bond acceptors (Lipinski definition) is 3. The zero-order chi connectivity index (χ0) is 16.3. The summed E-state index contributed by atoms with van der Waals surface area (Å²) in [5.74, 6) is -1.86. The molecule has 0 radical (unpaired) electrons. The molecule has 0 atom stereocenters. The van der Waals surface area contributed by atoms with E-state index in [1.807, 2.05) is 22.6 Å². The highest BCUT2D eigenvalue weighted by Crippen LogP contribution is 2.28. The molecule has 0 aliphatic carbocycles. The molecule has 22 heavy (non-hydrogen) atoms. The number of para-hydroxylation sites is 1. The summed E-state index contributed by atoms with van der Waals surface area (Å²) in [5.41, 5.74) is 0.259. The molecule has 2 rings (SSSR count). The summed E-state index contributed by atoms with van der Waals surface area (Å²) in [4.78, 5) is 10.9. The van der Waals surface area contributed by atoms with Crippen LogP contribution in [0.5, 0.6) is 0 Å². The first-order valence-electron chi connectivity index (χ1n) is 6.07. The van der Waals surface area contributed by atoms with E-state index in [1.165, 1.54) is 6.07 Å². The fourth-order valence-electron chi connectivity index (χ4n) is 1.81. The molecule has 0 fully saturated rings. The largest absolute Gasteiger partial charge is 0.480 e. The Bertz CT molecular complexity index is 793. The van der Waals surface area contributed by atoms with Gasteiger partial charge in [-0.05, 0) is 59.0 Å². The summed E-state index contributed by atoms with van der Waals surface area (Å²) in [7, 11) is -4.11. The molecule has 1 N–H and O–H groups in total. The van der Waals surface area contributed by atoms with E-state index in [9.17, 15) is 17.6 Å². The molecule has 5 nitrogen and oxygen atoms in total. The van der Waals surface area contributed by atoms with Crippen molar-refractivity contribution in [1.29, 1.82) is 0 Å². The normalized spacial score (nSPS) is 11.2. The van der Waals surface area contributed by atoms with Gasteiger partial charge in [0.2, 0.25) is 0 Å². The third-order valence-electron chi connectivity index (χ3n) is 2.80. The number of sulfonamides is 1. The van der Waals surface area contributed by atoms with E-state index in [0.717, 1.165) is 28.6 Å². The van der Waals surface area contributed by atoms with Crippen molar-refractivity contribution in [3.8, 4) is 0 Å². The van der Waals surface area contributed by atoms with E-state index in [4.69, 9.17) is 5.11 Å². The zero-order valence-corrected chi connectivity index (χ0v) is 14.1. The molecule has 2 aromatic carbocycles. The van der Waals surface area contributed by atoms with Gasteiger partial charge in [0, 0.05) is 3.57 Å². The Morgan fingerprint density at radius 1 is 1.14 bits per heavy atom. The van der Waals surface area contributed by atoms with E-state index in [1.54, 1.807) is 18.2 Å². The van der Waals surface area contributed by atoms with Crippen LogP contribution in [0.25, 0.3) is 0 Å². The Balaban J connectivity index is 2.56. The Hall–Kier alpha value is -1.68. The smallest absolute Gasteiger partial charge is 0.324 e. The van der Waals surface area contributed by atoms with Crippen molar-refractivity contribution in [2.45, 2.75) is 4.90 Å². The van der Waals surface area contributed by atoms with Gasteiger partial charge in [0.15, 0.2) is 0 Å². The molecule has 0 spiro atoms. The van der Waals surface area contributed by atoms with Crippen LogP contribution in [0.2, 0.25) is 0 Å². The van der Waals surface area contributed by atoms with Gasteiger partial charge in [-0.3, -0.25) is 9.10 Å². The van der Waals surface area contributed by atoms with Gasteiger partial charge in [-0.1, -0.05) is 12.1 Å². The molecule has 0 amide bonds. The average Bonchev–Trinajstić information content (AvgIpc) is 2.46. The molecule has 8 heteroatoms. The minimum absolute atomic E-state index is 0.171. The highest BCUT2D eigenvalue weighted by atomic mass is 127. The number of hydrogen-bond donors (Lipinski definition) is 1. The molecule has 2 aromatic rings. The van der Waals surface area contributed by atoms with E-state index in [-0.39, 0.29) is 10.6 Å². The second-order valence-corrected chi connectivity index (χ2v) is 7.34. The number of benzene rings is 2. The maximum absolute atomic E-state index is 13.0. The number of halogens is 2. The van der Waals surface area contributed by atoms with E-state index in [2.05, 4.69) is 0 Å². The molecule has 0 aliphatic heterocycles. The molecular formula is C14H11FINO4S. The summed E-state index contributed by atoms with van der Waals surface area (Å²) in [5, 5.41) is 9.02. The van der Waals surface area contributed by atoms with Gasteiger partial charge < -0.3 is 5.11 Å². The third-order valence-corrected chi connectivity index (χ3v) is 5.49. The summed E-state index contributed by atoms with van der Waals surface area (Å²) in [6, 6.07) is 10.8. The third kappa shape index (κ3) is 3.55. The van der Waals surface area contributed by atoms with Crippen LogP contribution in [-0.2, 0) is 14.8 Å². The Morgan fingerprint density at radius 3 is 2.27 bits per heavy atom. The van der Waals surface area contributed by atoms with E-state index in [0.29, 0.717) is 3.57 Å². The molecule has 0 saturated carbocycles. The first kappa shape index (κ1) is 16.7. The Labute approximate surface area is 140 Å². The minimum atomic E-state index is -4.11. The second-order valence-electron chi connectivity index (χ2n) is 4.31. The van der Waals surface area contributed by atoms with Crippen LogP contribution in [-0.4, -0.2) is 26.0 Å². The van der Waals surface area contributed by atoms with Crippen molar-refractivity contribution in [2.75, 3.05) is 10.8 Å². The standard InChI is InChI=1S/C14H11FINO4S/c15-10-5-7-11(8-6-10)22(20,21)17(9-14(18)19)13-4-2-1-3-12(13)16/h1-8H,9H2,(H,18,19). The van der Waals surface area contributed by atoms with Crippen molar-refractivity contribution in [2.24, 2.45) is 0 Å². The van der Waals surface area contributed by atoms with Gasteiger partial charge in [0.05, 0.1) is 10.6 Å². The topological polar surface area (TPSA) is 74.7 Å². The highest BCUT2D eigenvalue weighted by Gasteiger charge is 2.28. The predicted octanol–water partition coefficient (Wildman–Crippen LogP) is 2.71. The fourth-order valence-corrected chi connectivity index (χ4v) is 4.09. The first-order chi connectivity index (χ1) is 10.3. The number of carboxylic acids is 1. The quantitative estimate of drug-likeness (QED) is 0.734. The number of rotatable bonds is 5. The fraction of sp³-hybridized carbons (Fsp3) is 0.0714. The molecule has 116 valence electrons. The summed E-state index contributed by atoms with van der Waals surface area (Å²) >= 11 is 1.93. The van der Waals surface area contributed by atoms with E-state index >= 15 is 0 Å². The number of aliphatic carboxylic acids is 1. The molecule has 0 heterocycles. The summed E-state index contributed by atoms with van der Waals surface area (Å²) in [6.45, 7) is -0.722. The maximum atomic E-state index is 13.0. The lowest BCUT2D eigenvalue weighted by Gasteiger charge is -2.23. The van der Waals surface area contributed by atoms with Crippen molar-refractivity contribution in [3.63, 3.8) is 0 Å². The van der Waals surface area contributed by atoms with Gasteiger partial charge in [-0.15, -0.1) is 0 Å². The minimum Gasteiger partial charge on any atom is -0.480 e. The lowest BCUT2D eigenvalue weighted by atomic mass is 10.3. The van der Waals surface area contributed by atoms with Crippen LogP contribution in [0.1, 0.15) is 0 Å². The highest BCUT2D eigenvalue weighted by molar-refractivity contribution is 14.1. The van der Waals surface area contributed by atoms with E-state index < -0.39 is 28.4 Å². The maximum Gasteiger partial charge on any atom is 0.324 e. The lowest BCUT2D eigenvalue weighted by molar-refractivity contribution is -0.135. The van der Waals surface area contributed by atoms with Gasteiger partial charge in [0.25, 0.3) is 10.0 Å². The van der Waals surface area contributed by atoms with Crippen molar-refractivity contribution in [1.82, 2.24) is 0 Å². The molecule has 0 bridgehead atoms.